The molecule has 11 heteroatoms. The van der Waals surface area contributed by atoms with Gasteiger partial charge < -0.3 is 15.3 Å². The summed E-state index contributed by atoms with van der Waals surface area (Å²) in [6.07, 6.45) is 0. The second-order valence-electron chi connectivity index (χ2n) is 7.22. The van der Waals surface area contributed by atoms with Gasteiger partial charge in [-0.25, -0.2) is 8.42 Å². The van der Waals surface area contributed by atoms with E-state index in [9.17, 15) is 22.8 Å². The molecule has 0 bridgehead atoms. The Labute approximate surface area is 192 Å². The number of rotatable bonds is 5. The molecule has 4 rings (SSSR count). The molecule has 0 unspecified atom stereocenters. The molecule has 1 heterocycles. The van der Waals surface area contributed by atoms with E-state index in [2.05, 4.69) is 20.0 Å². The van der Waals surface area contributed by atoms with Gasteiger partial charge in [0.15, 0.2) is 0 Å². The number of hydrogen-bond donors (Lipinski definition) is 4. The minimum absolute atomic E-state index is 0.0520. The summed E-state index contributed by atoms with van der Waals surface area (Å²) in [6.45, 7) is 1.72. The quantitative estimate of drug-likeness (QED) is 0.322. The number of amides is 1. The number of halogens is 1. The maximum atomic E-state index is 12.8. The summed E-state index contributed by atoms with van der Waals surface area (Å²) in [7, 11) is -3.94. The molecule has 4 N–H and O–H groups in total. The van der Waals surface area contributed by atoms with Crippen molar-refractivity contribution < 1.29 is 13.2 Å². The third kappa shape index (κ3) is 4.81. The Balaban J connectivity index is 1.62. The molecular weight excluding hydrogens is 468 g/mol. The molecule has 1 aromatic heterocycles. The molecule has 0 saturated heterocycles. The molecule has 0 fully saturated rings. The van der Waals surface area contributed by atoms with Gasteiger partial charge in [0.1, 0.15) is 0 Å². The highest BCUT2D eigenvalue weighted by Crippen LogP contribution is 2.24. The lowest BCUT2D eigenvalue weighted by atomic mass is 10.1. The first-order valence-electron chi connectivity index (χ1n) is 9.59. The molecule has 3 aromatic carbocycles. The van der Waals surface area contributed by atoms with Crippen molar-refractivity contribution in [2.45, 2.75) is 11.8 Å². The maximum Gasteiger partial charge on any atom is 0.314 e. The molecule has 9 nitrogen and oxygen atoms in total. The molecule has 168 valence electrons. The van der Waals surface area contributed by atoms with Gasteiger partial charge in [-0.15, -0.1) is 0 Å². The van der Waals surface area contributed by atoms with E-state index in [1.54, 1.807) is 31.2 Å². The summed E-state index contributed by atoms with van der Waals surface area (Å²) in [5, 5.41) is 3.07. The number of H-pyrrole nitrogens is 2. The standard InChI is InChI=1S/C22H17ClN4O5S/c1-12-5-7-16(33(31,32)27-15-4-2-3-14(23)10-15)11-18(12)25-20(28)13-6-8-17-19(9-13)26-22(30)21(29)24-17/h2-11,27H,1H3,(H,24,29)(H,25,28)(H,26,30). The van der Waals surface area contributed by atoms with Crippen LogP contribution in [0.4, 0.5) is 11.4 Å². The first kappa shape index (κ1) is 22.3. The van der Waals surface area contributed by atoms with Crippen LogP contribution in [-0.2, 0) is 10.0 Å². The third-order valence-corrected chi connectivity index (χ3v) is 6.44. The van der Waals surface area contributed by atoms with Gasteiger partial charge in [0.05, 0.1) is 21.6 Å². The van der Waals surface area contributed by atoms with Crippen LogP contribution >= 0.6 is 11.6 Å². The zero-order valence-electron chi connectivity index (χ0n) is 17.1. The van der Waals surface area contributed by atoms with E-state index in [0.717, 1.165) is 0 Å². The zero-order chi connectivity index (χ0) is 23.8. The minimum atomic E-state index is -3.94. The van der Waals surface area contributed by atoms with Gasteiger partial charge in [-0.05, 0) is 61.0 Å². The molecule has 0 radical (unpaired) electrons. The van der Waals surface area contributed by atoms with Crippen LogP contribution in [0.25, 0.3) is 11.0 Å². The SMILES string of the molecule is Cc1ccc(S(=O)(=O)Nc2cccc(Cl)c2)cc1NC(=O)c1ccc2[nH]c(=O)c(=O)[nH]c2c1. The molecule has 0 atom stereocenters. The van der Waals surface area contributed by atoms with E-state index in [0.29, 0.717) is 27.5 Å². The predicted octanol–water partition coefficient (Wildman–Crippen LogP) is 3.23. The van der Waals surface area contributed by atoms with Crippen LogP contribution in [-0.4, -0.2) is 24.3 Å². The summed E-state index contributed by atoms with van der Waals surface area (Å²) in [4.78, 5) is 40.6. The number of hydrogen-bond acceptors (Lipinski definition) is 5. The Morgan fingerprint density at radius 2 is 1.64 bits per heavy atom. The van der Waals surface area contributed by atoms with E-state index in [4.69, 9.17) is 11.6 Å². The van der Waals surface area contributed by atoms with E-state index in [1.807, 2.05) is 0 Å². The molecule has 0 aliphatic rings. The van der Waals surface area contributed by atoms with Crippen molar-refractivity contribution in [2.75, 3.05) is 10.0 Å². The van der Waals surface area contributed by atoms with Gasteiger partial charge in [0.25, 0.3) is 15.9 Å². The average Bonchev–Trinajstić information content (AvgIpc) is 2.75. The van der Waals surface area contributed by atoms with Crippen LogP contribution in [0.15, 0.2) is 75.1 Å². The second-order valence-corrected chi connectivity index (χ2v) is 9.33. The van der Waals surface area contributed by atoms with Gasteiger partial charge in [-0.2, -0.15) is 0 Å². The number of fused-ring (bicyclic) bond motifs is 1. The summed E-state index contributed by atoms with van der Waals surface area (Å²) in [6, 6.07) is 15.0. The topological polar surface area (TPSA) is 141 Å². The number of sulfonamides is 1. The molecule has 1 amide bonds. The monoisotopic (exact) mass is 484 g/mol. The number of benzene rings is 3. The van der Waals surface area contributed by atoms with E-state index < -0.39 is 27.0 Å². The summed E-state index contributed by atoms with van der Waals surface area (Å²) in [5.74, 6) is -0.524. The minimum Gasteiger partial charge on any atom is -0.322 e. The van der Waals surface area contributed by atoms with Gasteiger partial charge in [-0.1, -0.05) is 23.7 Å². The highest BCUT2D eigenvalue weighted by atomic mass is 35.5. The van der Waals surface area contributed by atoms with Crippen molar-refractivity contribution in [1.82, 2.24) is 9.97 Å². The molecule has 0 spiro atoms. The Bertz CT molecular complexity index is 1630. The fourth-order valence-electron chi connectivity index (χ4n) is 3.12. The Kier molecular flexibility index (Phi) is 5.79. The van der Waals surface area contributed by atoms with Gasteiger partial charge in [-0.3, -0.25) is 19.1 Å². The van der Waals surface area contributed by atoms with Crippen molar-refractivity contribution in [2.24, 2.45) is 0 Å². The van der Waals surface area contributed by atoms with Crippen molar-refractivity contribution >= 4 is 49.9 Å². The number of aryl methyl sites for hydroxylation is 1. The van der Waals surface area contributed by atoms with Crippen molar-refractivity contribution in [3.05, 3.63) is 97.5 Å². The smallest absolute Gasteiger partial charge is 0.314 e. The van der Waals surface area contributed by atoms with Crippen LogP contribution in [0, 0.1) is 6.92 Å². The van der Waals surface area contributed by atoms with E-state index >= 15 is 0 Å². The van der Waals surface area contributed by atoms with Crippen LogP contribution in [0.5, 0.6) is 0 Å². The first-order valence-corrected chi connectivity index (χ1v) is 11.5. The molecule has 4 aromatic rings. The lowest BCUT2D eigenvalue weighted by Gasteiger charge is -2.13. The normalized spacial score (nSPS) is 11.3. The Morgan fingerprint density at radius 3 is 2.36 bits per heavy atom. The molecule has 33 heavy (non-hydrogen) atoms. The number of nitrogens with one attached hydrogen (secondary N) is 4. The molecule has 0 saturated carbocycles. The largest absolute Gasteiger partial charge is 0.322 e. The third-order valence-electron chi connectivity index (χ3n) is 4.83. The molecule has 0 aliphatic heterocycles. The van der Waals surface area contributed by atoms with Crippen LogP contribution < -0.4 is 21.2 Å². The second kappa shape index (κ2) is 8.57. The number of aromatic nitrogens is 2. The lowest BCUT2D eigenvalue weighted by molar-refractivity contribution is 0.102. The number of anilines is 2. The highest BCUT2D eigenvalue weighted by Gasteiger charge is 2.17. The lowest BCUT2D eigenvalue weighted by Crippen LogP contribution is -2.29. The van der Waals surface area contributed by atoms with Crippen molar-refractivity contribution in [3.8, 4) is 0 Å². The first-order chi connectivity index (χ1) is 15.6. The van der Waals surface area contributed by atoms with Gasteiger partial charge in [0, 0.05) is 16.3 Å². The predicted molar refractivity (Wildman–Crippen MR) is 127 cm³/mol. The van der Waals surface area contributed by atoms with Crippen molar-refractivity contribution in [1.29, 1.82) is 0 Å². The average molecular weight is 485 g/mol. The molecular formula is C22H17ClN4O5S. The fraction of sp³-hybridized carbons (Fsp3) is 0.0455. The van der Waals surface area contributed by atoms with Crippen LogP contribution in [0.1, 0.15) is 15.9 Å². The van der Waals surface area contributed by atoms with Crippen LogP contribution in [0.2, 0.25) is 5.02 Å². The highest BCUT2D eigenvalue weighted by molar-refractivity contribution is 7.92. The van der Waals surface area contributed by atoms with E-state index in [1.165, 1.54) is 36.4 Å². The summed E-state index contributed by atoms with van der Waals surface area (Å²) < 4.78 is 28.1. The van der Waals surface area contributed by atoms with Gasteiger partial charge in [0.2, 0.25) is 0 Å². The van der Waals surface area contributed by atoms with Crippen LogP contribution in [0.3, 0.4) is 0 Å². The Hall–Kier alpha value is -3.89. The Morgan fingerprint density at radius 1 is 0.909 bits per heavy atom. The van der Waals surface area contributed by atoms with Gasteiger partial charge >= 0.3 is 11.1 Å². The number of aromatic amines is 2. The van der Waals surface area contributed by atoms with E-state index in [-0.39, 0.29) is 16.0 Å². The number of carbonyl (C=O) groups excluding carboxylic acids is 1. The van der Waals surface area contributed by atoms with Crippen molar-refractivity contribution in [3.63, 3.8) is 0 Å². The fourth-order valence-corrected chi connectivity index (χ4v) is 4.39. The summed E-state index contributed by atoms with van der Waals surface area (Å²) >= 11 is 5.91. The zero-order valence-corrected chi connectivity index (χ0v) is 18.7. The molecule has 0 aliphatic carbocycles. The number of carbonyl (C=O) groups is 1. The maximum absolute atomic E-state index is 12.8. The summed E-state index contributed by atoms with van der Waals surface area (Å²) in [5.41, 5.74) is 0.471.